The normalized spacial score (nSPS) is 15.1. The van der Waals surface area contributed by atoms with Gasteiger partial charge < -0.3 is 4.90 Å². The van der Waals surface area contributed by atoms with E-state index in [1.807, 2.05) is 0 Å². The van der Waals surface area contributed by atoms with Crippen molar-refractivity contribution in [3.8, 4) is 0 Å². The zero-order valence-electron chi connectivity index (χ0n) is 29.8. The van der Waals surface area contributed by atoms with Gasteiger partial charge in [0.25, 0.3) is 0 Å². The molecule has 6 rings (SSSR count). The lowest BCUT2D eigenvalue weighted by molar-refractivity contribution is 0.268. The Morgan fingerprint density at radius 1 is 0.660 bits per heavy atom. The number of nitrogens with zero attached hydrogens (tertiary/aromatic N) is 1. The van der Waals surface area contributed by atoms with Crippen LogP contribution in [-0.4, -0.2) is 7.05 Å². The van der Waals surface area contributed by atoms with Gasteiger partial charge in [-0.2, -0.15) is 0 Å². The van der Waals surface area contributed by atoms with E-state index >= 15 is 0 Å². The zero-order chi connectivity index (χ0) is 33.7. The topological polar surface area (TPSA) is 3.24 Å². The Kier molecular flexibility index (Phi) is 10.3. The summed E-state index contributed by atoms with van der Waals surface area (Å²) >= 11 is 0. The number of para-hydroxylation sites is 1. The molecule has 0 unspecified atom stereocenters. The average Bonchev–Trinajstić information content (AvgIpc) is 3.28. The number of hydrogen-bond donors (Lipinski definition) is 0. The molecular formula is C46H53N. The number of anilines is 1. The fraction of sp³-hybridized carbons (Fsp3) is 0.304. The molecule has 1 aliphatic rings. The minimum atomic E-state index is -0.190. The molecule has 0 aromatic heterocycles. The quantitative estimate of drug-likeness (QED) is 0.167. The summed E-state index contributed by atoms with van der Waals surface area (Å²) in [6, 6.07) is 44.4. The van der Waals surface area contributed by atoms with E-state index in [9.17, 15) is 0 Å². The van der Waals surface area contributed by atoms with Gasteiger partial charge in [-0.3, -0.25) is 0 Å². The van der Waals surface area contributed by atoms with Gasteiger partial charge in [-0.05, 0) is 81.3 Å². The van der Waals surface area contributed by atoms with Crippen LogP contribution in [0, 0.1) is 12.3 Å². The van der Waals surface area contributed by atoms with Gasteiger partial charge in [0.2, 0.25) is 0 Å². The highest BCUT2D eigenvalue weighted by atomic mass is 15.2. The van der Waals surface area contributed by atoms with Crippen LogP contribution < -0.4 is 4.90 Å². The maximum Gasteiger partial charge on any atom is 0.0456 e. The summed E-state index contributed by atoms with van der Waals surface area (Å²) < 4.78 is 0. The Hall–Kier alpha value is -4.36. The average molecular weight is 620 g/mol. The van der Waals surface area contributed by atoms with Gasteiger partial charge in [0.1, 0.15) is 0 Å². The number of hydrogen-bond acceptors (Lipinski definition) is 1. The van der Waals surface area contributed by atoms with Crippen molar-refractivity contribution in [2.45, 2.75) is 78.6 Å². The number of aryl methyl sites for hydroxylation is 1. The van der Waals surface area contributed by atoms with Crippen molar-refractivity contribution in [2.24, 2.45) is 5.41 Å². The molecule has 0 amide bonds. The lowest BCUT2D eigenvalue weighted by Crippen LogP contribution is -2.36. The molecule has 1 aliphatic heterocycles. The second kappa shape index (κ2) is 14.2. The van der Waals surface area contributed by atoms with E-state index in [0.717, 1.165) is 12.8 Å². The summed E-state index contributed by atoms with van der Waals surface area (Å²) in [6.45, 7) is 16.1. The van der Waals surface area contributed by atoms with E-state index in [1.54, 1.807) is 0 Å². The molecule has 0 bridgehead atoms. The van der Waals surface area contributed by atoms with Crippen LogP contribution in [0.1, 0.15) is 75.8 Å². The first-order valence-corrected chi connectivity index (χ1v) is 17.4. The highest BCUT2D eigenvalue weighted by molar-refractivity contribution is 5.88. The molecule has 0 N–H and O–H groups in total. The molecular weight excluding hydrogens is 567 g/mol. The molecule has 0 saturated heterocycles. The van der Waals surface area contributed by atoms with Crippen molar-refractivity contribution in [3.63, 3.8) is 0 Å². The molecule has 5 aromatic carbocycles. The van der Waals surface area contributed by atoms with Gasteiger partial charge >= 0.3 is 0 Å². The molecule has 0 spiro atoms. The van der Waals surface area contributed by atoms with Crippen LogP contribution in [0.4, 0.5) is 5.69 Å². The van der Waals surface area contributed by atoms with E-state index < -0.39 is 0 Å². The van der Waals surface area contributed by atoms with Crippen molar-refractivity contribution in [1.29, 1.82) is 0 Å². The monoisotopic (exact) mass is 619 g/mol. The molecule has 0 atom stereocenters. The Morgan fingerprint density at radius 2 is 1.19 bits per heavy atom. The minimum absolute atomic E-state index is 0.0946. The standard InChI is InChI=1S/C43H45N.C3H8/c1-32-27-28-35-22-13-14-23-36(35)40(32)42(4,5)41(2,3)29-17-26-39-43(30-33-18-9-7-10-19-33,31-34-20-11-8-12-21-34)37-24-15-16-25-38(37)44(39)6;1-3-2/h7-29H,30-31H2,1-6H3;3H2,1-2H3/b29-17+,39-26+;. The predicted octanol–water partition coefficient (Wildman–Crippen LogP) is 12.2. The van der Waals surface area contributed by atoms with Gasteiger partial charge in [-0.25, -0.2) is 0 Å². The Labute approximate surface area is 284 Å². The molecule has 242 valence electrons. The zero-order valence-corrected chi connectivity index (χ0v) is 29.8. The second-order valence-corrected chi connectivity index (χ2v) is 14.4. The highest BCUT2D eigenvalue weighted by Crippen LogP contribution is 2.51. The number of allylic oxidation sites excluding steroid dienone is 4. The van der Waals surface area contributed by atoms with Crippen LogP contribution in [0.25, 0.3) is 10.8 Å². The molecule has 1 nitrogen and oxygen atoms in total. The summed E-state index contributed by atoms with van der Waals surface area (Å²) in [5.41, 5.74) is 9.16. The van der Waals surface area contributed by atoms with Crippen LogP contribution >= 0.6 is 0 Å². The van der Waals surface area contributed by atoms with Crippen molar-refractivity contribution in [1.82, 2.24) is 0 Å². The first-order chi connectivity index (χ1) is 22.6. The lowest BCUT2D eigenvalue weighted by Gasteiger charge is -2.42. The summed E-state index contributed by atoms with van der Waals surface area (Å²) in [5, 5.41) is 2.66. The third-order valence-electron chi connectivity index (χ3n) is 10.5. The molecule has 0 radical (unpaired) electrons. The van der Waals surface area contributed by atoms with Crippen LogP contribution in [0.2, 0.25) is 0 Å². The van der Waals surface area contributed by atoms with Crippen LogP contribution in [0.5, 0.6) is 0 Å². The summed E-state index contributed by atoms with van der Waals surface area (Å²) in [6.07, 6.45) is 10.3. The molecule has 5 aromatic rings. The van der Waals surface area contributed by atoms with Gasteiger partial charge in [0.05, 0.1) is 0 Å². The van der Waals surface area contributed by atoms with Crippen molar-refractivity contribution in [3.05, 3.63) is 173 Å². The summed E-state index contributed by atoms with van der Waals surface area (Å²) in [4.78, 5) is 2.43. The van der Waals surface area contributed by atoms with Crippen LogP contribution in [0.15, 0.2) is 145 Å². The number of rotatable bonds is 8. The van der Waals surface area contributed by atoms with E-state index in [2.05, 4.69) is 200 Å². The van der Waals surface area contributed by atoms with Crippen molar-refractivity contribution < 1.29 is 0 Å². The SMILES string of the molecule is CCC.Cc1ccc2ccccc2c1C(C)(C)C(C)(C)/C=C/C=C1/N(C)c2ccccc2C1(Cc1ccccc1)Cc1ccccc1. The van der Waals surface area contributed by atoms with Crippen molar-refractivity contribution in [2.75, 3.05) is 11.9 Å². The fourth-order valence-corrected chi connectivity index (χ4v) is 7.47. The Morgan fingerprint density at radius 3 is 1.81 bits per heavy atom. The number of fused-ring (bicyclic) bond motifs is 2. The maximum atomic E-state index is 2.44. The van der Waals surface area contributed by atoms with Gasteiger partial charge in [0, 0.05) is 23.8 Å². The maximum absolute atomic E-state index is 2.44. The van der Waals surface area contributed by atoms with Crippen molar-refractivity contribution >= 4 is 16.5 Å². The van der Waals surface area contributed by atoms with Crippen LogP contribution in [-0.2, 0) is 23.7 Å². The largest absolute Gasteiger partial charge is 0.347 e. The lowest BCUT2D eigenvalue weighted by atomic mass is 9.62. The smallest absolute Gasteiger partial charge is 0.0456 e. The molecule has 1 heterocycles. The van der Waals surface area contributed by atoms with Crippen LogP contribution in [0.3, 0.4) is 0 Å². The Bertz CT molecular complexity index is 1800. The fourth-order valence-electron chi connectivity index (χ4n) is 7.47. The summed E-state index contributed by atoms with van der Waals surface area (Å²) in [5.74, 6) is 0. The second-order valence-electron chi connectivity index (χ2n) is 14.4. The third-order valence-corrected chi connectivity index (χ3v) is 10.5. The number of likely N-dealkylation sites (N-methyl/N-ethyl adjacent to an activating group) is 1. The van der Waals surface area contributed by atoms with E-state index in [1.165, 1.54) is 56.4 Å². The highest BCUT2D eigenvalue weighted by Gasteiger charge is 2.46. The predicted molar refractivity (Wildman–Crippen MR) is 205 cm³/mol. The third kappa shape index (κ3) is 6.72. The van der Waals surface area contributed by atoms with E-state index in [0.29, 0.717) is 0 Å². The van der Waals surface area contributed by atoms with Gasteiger partial charge in [-0.15, -0.1) is 0 Å². The first-order valence-electron chi connectivity index (χ1n) is 17.4. The minimum Gasteiger partial charge on any atom is -0.347 e. The van der Waals surface area contributed by atoms with Gasteiger partial charge in [0.15, 0.2) is 0 Å². The van der Waals surface area contributed by atoms with Gasteiger partial charge in [-0.1, -0.05) is 175 Å². The van der Waals surface area contributed by atoms with E-state index in [-0.39, 0.29) is 16.2 Å². The molecule has 47 heavy (non-hydrogen) atoms. The summed E-state index contributed by atoms with van der Waals surface area (Å²) in [7, 11) is 2.24. The molecule has 0 saturated carbocycles. The molecule has 0 aliphatic carbocycles. The molecule has 1 heteroatoms. The first kappa shape index (κ1) is 34.0. The van der Waals surface area contributed by atoms with E-state index in [4.69, 9.17) is 0 Å². The number of benzene rings is 5. The Balaban J connectivity index is 0.00000139. The molecule has 0 fully saturated rings.